The van der Waals surface area contributed by atoms with E-state index in [-0.39, 0.29) is 11.1 Å². The van der Waals surface area contributed by atoms with Gasteiger partial charge in [0.05, 0.1) is 4.92 Å². The average Bonchev–Trinajstić information content (AvgIpc) is 2.16. The number of benzene rings is 1. The molecule has 0 aliphatic rings. The largest absolute Gasteiger partial charge is 0.269 e. The highest BCUT2D eigenvalue weighted by Crippen LogP contribution is 2.34. The molecule has 0 heterocycles. The maximum atomic E-state index is 10.6. The monoisotopic (exact) mass is 220 g/mol. The number of hydrogen-bond acceptors (Lipinski definition) is 3. The van der Waals surface area contributed by atoms with Crippen molar-refractivity contribution in [3.05, 3.63) is 44.3 Å². The summed E-state index contributed by atoms with van der Waals surface area (Å²) in [5.74, 6) is 0. The Morgan fingerprint density at radius 3 is 2.50 bits per heavy atom. The van der Waals surface area contributed by atoms with E-state index in [2.05, 4.69) is 10.0 Å². The molecule has 0 bridgehead atoms. The van der Waals surface area contributed by atoms with E-state index in [0.29, 0.717) is 5.69 Å². The lowest BCUT2D eigenvalue weighted by Crippen LogP contribution is -2.11. The number of hydrogen-bond donors (Lipinski definition) is 0. The molecule has 0 N–H and O–H groups in total. The van der Waals surface area contributed by atoms with Gasteiger partial charge in [0.2, 0.25) is 0 Å². The van der Waals surface area contributed by atoms with Crippen molar-refractivity contribution in [2.75, 3.05) is 0 Å². The molecule has 6 nitrogen and oxygen atoms in total. The summed E-state index contributed by atoms with van der Waals surface area (Å²) in [5.41, 5.74) is 9.23. The van der Waals surface area contributed by atoms with Crippen molar-refractivity contribution >= 4 is 11.4 Å². The second-order valence-corrected chi connectivity index (χ2v) is 4.40. The van der Waals surface area contributed by atoms with Gasteiger partial charge in [-0.2, -0.15) is 0 Å². The Kier molecular flexibility index (Phi) is 3.15. The summed E-state index contributed by atoms with van der Waals surface area (Å²) in [6.07, 6.45) is 0. The minimum absolute atomic E-state index is 0.0737. The Morgan fingerprint density at radius 2 is 2.06 bits per heavy atom. The van der Waals surface area contributed by atoms with E-state index in [1.807, 2.05) is 20.8 Å². The van der Waals surface area contributed by atoms with Crippen LogP contribution in [0.25, 0.3) is 10.4 Å². The predicted molar refractivity (Wildman–Crippen MR) is 60.6 cm³/mol. The van der Waals surface area contributed by atoms with Crippen LogP contribution in [0.15, 0.2) is 23.3 Å². The van der Waals surface area contributed by atoms with Gasteiger partial charge in [-0.3, -0.25) is 10.1 Å². The molecule has 1 aromatic rings. The first kappa shape index (κ1) is 12.0. The molecule has 0 atom stereocenters. The normalized spacial score (nSPS) is 10.7. The summed E-state index contributed by atoms with van der Waals surface area (Å²) in [6, 6.07) is 4.33. The topological polar surface area (TPSA) is 91.9 Å². The van der Waals surface area contributed by atoms with E-state index in [9.17, 15) is 10.1 Å². The van der Waals surface area contributed by atoms with E-state index in [1.54, 1.807) is 6.07 Å². The molecule has 0 amide bonds. The van der Waals surface area contributed by atoms with Crippen LogP contribution < -0.4 is 0 Å². The van der Waals surface area contributed by atoms with Gasteiger partial charge in [0.25, 0.3) is 5.69 Å². The standard InChI is InChI=1S/C10H12N4O2/c1-10(2,3)8-5-4-7(14(15)16)6-9(8)12-13-11/h4-6H,1-3H3. The summed E-state index contributed by atoms with van der Waals surface area (Å²) < 4.78 is 0. The zero-order valence-corrected chi connectivity index (χ0v) is 9.34. The van der Waals surface area contributed by atoms with Crippen LogP contribution in [-0.2, 0) is 5.41 Å². The van der Waals surface area contributed by atoms with Gasteiger partial charge < -0.3 is 0 Å². The molecule has 0 fully saturated rings. The molecule has 0 saturated heterocycles. The van der Waals surface area contributed by atoms with E-state index >= 15 is 0 Å². The fourth-order valence-corrected chi connectivity index (χ4v) is 1.40. The molecule has 84 valence electrons. The molecule has 0 unspecified atom stereocenters. The van der Waals surface area contributed by atoms with E-state index in [0.717, 1.165) is 5.56 Å². The van der Waals surface area contributed by atoms with Crippen molar-refractivity contribution in [1.82, 2.24) is 0 Å². The van der Waals surface area contributed by atoms with Crippen LogP contribution in [0.4, 0.5) is 11.4 Å². The Balaban J connectivity index is 3.42. The Morgan fingerprint density at radius 1 is 1.44 bits per heavy atom. The highest BCUT2D eigenvalue weighted by Gasteiger charge is 2.19. The first-order chi connectivity index (χ1) is 7.36. The lowest BCUT2D eigenvalue weighted by molar-refractivity contribution is -0.384. The number of nitro benzene ring substituents is 1. The third kappa shape index (κ3) is 2.49. The maximum Gasteiger partial charge on any atom is 0.269 e. The summed E-state index contributed by atoms with van der Waals surface area (Å²) in [6.45, 7) is 5.85. The zero-order valence-electron chi connectivity index (χ0n) is 9.34. The van der Waals surface area contributed by atoms with E-state index < -0.39 is 4.92 Å². The Bertz CT molecular complexity index is 470. The molecule has 1 aromatic carbocycles. The van der Waals surface area contributed by atoms with Gasteiger partial charge in [-0.1, -0.05) is 32.0 Å². The maximum absolute atomic E-state index is 10.6. The van der Waals surface area contributed by atoms with Crippen molar-refractivity contribution in [2.45, 2.75) is 26.2 Å². The fourth-order valence-electron chi connectivity index (χ4n) is 1.40. The van der Waals surface area contributed by atoms with Gasteiger partial charge in [-0.15, -0.1) is 0 Å². The van der Waals surface area contributed by atoms with Gasteiger partial charge in [-0.25, -0.2) is 0 Å². The first-order valence-electron chi connectivity index (χ1n) is 4.70. The van der Waals surface area contributed by atoms with E-state index in [4.69, 9.17) is 5.53 Å². The van der Waals surface area contributed by atoms with Crippen molar-refractivity contribution in [1.29, 1.82) is 0 Å². The summed E-state index contributed by atoms with van der Waals surface area (Å²) in [7, 11) is 0. The predicted octanol–water partition coefficient (Wildman–Crippen LogP) is 3.83. The van der Waals surface area contributed by atoms with Gasteiger partial charge >= 0.3 is 0 Å². The third-order valence-electron chi connectivity index (χ3n) is 2.15. The molecule has 16 heavy (non-hydrogen) atoms. The van der Waals surface area contributed by atoms with Crippen LogP contribution in [0.5, 0.6) is 0 Å². The molecule has 0 saturated carbocycles. The highest BCUT2D eigenvalue weighted by molar-refractivity contribution is 5.55. The van der Waals surface area contributed by atoms with Crippen molar-refractivity contribution in [2.24, 2.45) is 5.11 Å². The van der Waals surface area contributed by atoms with Crippen LogP contribution in [0.2, 0.25) is 0 Å². The Labute approximate surface area is 92.7 Å². The third-order valence-corrected chi connectivity index (χ3v) is 2.15. The number of rotatable bonds is 2. The molecule has 0 aliphatic heterocycles. The fraction of sp³-hybridized carbons (Fsp3) is 0.400. The van der Waals surface area contributed by atoms with Crippen LogP contribution in [0, 0.1) is 10.1 Å². The average molecular weight is 220 g/mol. The quantitative estimate of drug-likeness (QED) is 0.249. The second kappa shape index (κ2) is 4.20. The summed E-state index contributed by atoms with van der Waals surface area (Å²) >= 11 is 0. The van der Waals surface area contributed by atoms with Crippen molar-refractivity contribution < 1.29 is 4.92 Å². The van der Waals surface area contributed by atoms with Gasteiger partial charge in [-0.05, 0) is 16.5 Å². The minimum Gasteiger partial charge on any atom is -0.258 e. The van der Waals surface area contributed by atoms with Crippen molar-refractivity contribution in [3.8, 4) is 0 Å². The lowest BCUT2D eigenvalue weighted by atomic mass is 9.86. The number of nitrogens with zero attached hydrogens (tertiary/aromatic N) is 4. The van der Waals surface area contributed by atoms with Gasteiger partial charge in [0.1, 0.15) is 0 Å². The van der Waals surface area contributed by atoms with Crippen LogP contribution >= 0.6 is 0 Å². The van der Waals surface area contributed by atoms with Crippen molar-refractivity contribution in [3.63, 3.8) is 0 Å². The number of nitro groups is 1. The summed E-state index contributed by atoms with van der Waals surface area (Å²) in [5, 5.41) is 14.1. The van der Waals surface area contributed by atoms with E-state index in [1.165, 1.54) is 12.1 Å². The minimum atomic E-state index is -0.511. The first-order valence-corrected chi connectivity index (χ1v) is 4.70. The number of azide groups is 1. The lowest BCUT2D eigenvalue weighted by Gasteiger charge is -2.20. The molecular weight excluding hydrogens is 208 g/mol. The van der Waals surface area contributed by atoms with Gasteiger partial charge in [0, 0.05) is 22.7 Å². The molecule has 6 heteroatoms. The van der Waals surface area contributed by atoms with Crippen LogP contribution in [0.3, 0.4) is 0 Å². The Hall–Kier alpha value is -2.07. The molecule has 0 aliphatic carbocycles. The molecule has 0 radical (unpaired) electrons. The van der Waals surface area contributed by atoms with Crippen LogP contribution in [0.1, 0.15) is 26.3 Å². The molecule has 0 spiro atoms. The molecule has 0 aromatic heterocycles. The number of non-ortho nitro benzene ring substituents is 1. The zero-order chi connectivity index (χ0) is 12.3. The van der Waals surface area contributed by atoms with Crippen LogP contribution in [-0.4, -0.2) is 4.92 Å². The highest BCUT2D eigenvalue weighted by atomic mass is 16.6. The SMILES string of the molecule is CC(C)(C)c1ccc([N+](=O)[O-])cc1N=[N+]=[N-]. The molecular formula is C10H12N4O2. The molecule has 1 rings (SSSR count). The second-order valence-electron chi connectivity index (χ2n) is 4.40. The summed E-state index contributed by atoms with van der Waals surface area (Å²) in [4.78, 5) is 12.8. The van der Waals surface area contributed by atoms with Gasteiger partial charge in [0.15, 0.2) is 0 Å². The smallest absolute Gasteiger partial charge is 0.258 e.